The van der Waals surface area contributed by atoms with E-state index in [4.69, 9.17) is 5.73 Å². The highest BCUT2D eigenvalue weighted by Crippen LogP contribution is 2.20. The van der Waals surface area contributed by atoms with Gasteiger partial charge in [0.15, 0.2) is 0 Å². The van der Waals surface area contributed by atoms with Crippen LogP contribution in [0.4, 0.5) is 0 Å². The molecule has 0 fully saturated rings. The normalized spacial score (nSPS) is 22.1. The van der Waals surface area contributed by atoms with Gasteiger partial charge in [-0.15, -0.1) is 0 Å². The molecule has 2 rings (SSSR count). The fourth-order valence-corrected chi connectivity index (χ4v) is 2.46. The van der Waals surface area contributed by atoms with Crippen LogP contribution < -0.4 is 5.73 Å². The van der Waals surface area contributed by atoms with Gasteiger partial charge in [-0.2, -0.15) is 0 Å². The van der Waals surface area contributed by atoms with Crippen molar-refractivity contribution in [3.63, 3.8) is 0 Å². The Kier molecular flexibility index (Phi) is 4.75. The van der Waals surface area contributed by atoms with E-state index in [2.05, 4.69) is 23.2 Å². The molecule has 92 valence electrons. The number of rotatable bonds is 3. The first-order chi connectivity index (χ1) is 8.36. The van der Waals surface area contributed by atoms with E-state index in [9.17, 15) is 0 Å². The molecule has 1 heterocycles. The lowest BCUT2D eigenvalue weighted by molar-refractivity contribution is 0.594. The third kappa shape index (κ3) is 3.97. The molecule has 2 N–H and O–H groups in total. The van der Waals surface area contributed by atoms with Crippen LogP contribution in [0.3, 0.4) is 0 Å². The molecule has 0 spiro atoms. The molecule has 1 unspecified atom stereocenters. The average Bonchev–Trinajstić information content (AvgIpc) is 2.29. The van der Waals surface area contributed by atoms with Crippen LogP contribution in [0, 0.1) is 0 Å². The predicted molar refractivity (Wildman–Crippen MR) is 71.7 cm³/mol. The Morgan fingerprint density at radius 3 is 2.71 bits per heavy atom. The standard InChI is InChI=1S/C15H22N2/c16-15(12-13-8-10-17-11-9-13)14-6-4-2-1-3-5-7-14/h6,8-11,15H,1-5,7,12,16H2/b14-6+. The Bertz CT molecular complexity index is 356. The molecule has 1 aromatic heterocycles. The second kappa shape index (κ2) is 6.55. The van der Waals surface area contributed by atoms with E-state index in [1.165, 1.54) is 49.7 Å². The van der Waals surface area contributed by atoms with Gasteiger partial charge in [0.1, 0.15) is 0 Å². The van der Waals surface area contributed by atoms with Crippen LogP contribution in [0.2, 0.25) is 0 Å². The van der Waals surface area contributed by atoms with Crippen molar-refractivity contribution in [2.45, 2.75) is 51.0 Å². The summed E-state index contributed by atoms with van der Waals surface area (Å²) in [5.41, 5.74) is 9.06. The lowest BCUT2D eigenvalue weighted by Crippen LogP contribution is -2.25. The van der Waals surface area contributed by atoms with E-state index >= 15 is 0 Å². The highest BCUT2D eigenvalue weighted by atomic mass is 14.6. The smallest absolute Gasteiger partial charge is 0.0294 e. The van der Waals surface area contributed by atoms with Gasteiger partial charge in [-0.3, -0.25) is 4.98 Å². The molecular formula is C15H22N2. The second-order valence-electron chi connectivity index (χ2n) is 4.90. The van der Waals surface area contributed by atoms with E-state index in [1.54, 1.807) is 0 Å². The van der Waals surface area contributed by atoms with Gasteiger partial charge >= 0.3 is 0 Å². The molecule has 2 heteroatoms. The number of allylic oxidation sites excluding steroid dienone is 1. The molecule has 0 saturated carbocycles. The minimum Gasteiger partial charge on any atom is -0.324 e. The van der Waals surface area contributed by atoms with Gasteiger partial charge in [-0.25, -0.2) is 0 Å². The molecule has 0 saturated heterocycles. The molecular weight excluding hydrogens is 208 g/mol. The van der Waals surface area contributed by atoms with E-state index in [0.717, 1.165) is 6.42 Å². The fraction of sp³-hybridized carbons (Fsp3) is 0.533. The van der Waals surface area contributed by atoms with Crippen LogP contribution in [0.5, 0.6) is 0 Å². The summed E-state index contributed by atoms with van der Waals surface area (Å²) in [6.07, 6.45) is 14.8. The van der Waals surface area contributed by atoms with E-state index < -0.39 is 0 Å². The zero-order valence-electron chi connectivity index (χ0n) is 10.4. The first kappa shape index (κ1) is 12.3. The molecule has 1 aromatic rings. The van der Waals surface area contributed by atoms with Crippen LogP contribution in [-0.2, 0) is 6.42 Å². The van der Waals surface area contributed by atoms with Gasteiger partial charge in [0, 0.05) is 18.4 Å². The quantitative estimate of drug-likeness (QED) is 0.810. The van der Waals surface area contributed by atoms with Gasteiger partial charge in [0.25, 0.3) is 0 Å². The van der Waals surface area contributed by atoms with Crippen LogP contribution in [0.1, 0.15) is 44.1 Å². The second-order valence-corrected chi connectivity index (χ2v) is 4.90. The molecule has 1 aliphatic carbocycles. The van der Waals surface area contributed by atoms with Crippen molar-refractivity contribution >= 4 is 0 Å². The lowest BCUT2D eigenvalue weighted by Gasteiger charge is -2.18. The SMILES string of the molecule is NC(Cc1ccncc1)/C1=C/CCCCCC1. The van der Waals surface area contributed by atoms with Gasteiger partial charge in [-0.1, -0.05) is 24.5 Å². The number of aromatic nitrogens is 1. The molecule has 0 amide bonds. The summed E-state index contributed by atoms with van der Waals surface area (Å²) in [6, 6.07) is 4.31. The topological polar surface area (TPSA) is 38.9 Å². The Morgan fingerprint density at radius 1 is 1.12 bits per heavy atom. The van der Waals surface area contributed by atoms with Crippen molar-refractivity contribution < 1.29 is 0 Å². The first-order valence-electron chi connectivity index (χ1n) is 6.69. The Balaban J connectivity index is 1.96. The van der Waals surface area contributed by atoms with Crippen molar-refractivity contribution in [1.82, 2.24) is 4.98 Å². The zero-order valence-corrected chi connectivity index (χ0v) is 10.4. The molecule has 0 aliphatic heterocycles. The summed E-state index contributed by atoms with van der Waals surface area (Å²) in [6.45, 7) is 0. The van der Waals surface area contributed by atoms with Crippen molar-refractivity contribution in [2.75, 3.05) is 0 Å². The van der Waals surface area contributed by atoms with Crippen molar-refractivity contribution in [3.8, 4) is 0 Å². The number of nitrogens with zero attached hydrogens (tertiary/aromatic N) is 1. The summed E-state index contributed by atoms with van der Waals surface area (Å²) in [5.74, 6) is 0. The minimum absolute atomic E-state index is 0.190. The Hall–Kier alpha value is -1.15. The Morgan fingerprint density at radius 2 is 1.88 bits per heavy atom. The number of nitrogens with two attached hydrogens (primary N) is 1. The maximum Gasteiger partial charge on any atom is 0.0294 e. The third-order valence-electron chi connectivity index (χ3n) is 3.51. The van der Waals surface area contributed by atoms with Crippen LogP contribution >= 0.6 is 0 Å². The number of pyridine rings is 1. The Labute approximate surface area is 104 Å². The summed E-state index contributed by atoms with van der Waals surface area (Å²) in [4.78, 5) is 4.04. The summed E-state index contributed by atoms with van der Waals surface area (Å²) in [7, 11) is 0. The van der Waals surface area contributed by atoms with Crippen LogP contribution in [-0.4, -0.2) is 11.0 Å². The predicted octanol–water partition coefficient (Wildman–Crippen LogP) is 3.23. The minimum atomic E-state index is 0.190. The van der Waals surface area contributed by atoms with Crippen LogP contribution in [0.15, 0.2) is 36.2 Å². The van der Waals surface area contributed by atoms with Crippen molar-refractivity contribution in [2.24, 2.45) is 5.73 Å². The number of hydrogen-bond donors (Lipinski definition) is 1. The van der Waals surface area contributed by atoms with Gasteiger partial charge in [0.05, 0.1) is 0 Å². The lowest BCUT2D eigenvalue weighted by atomic mass is 9.92. The van der Waals surface area contributed by atoms with Gasteiger partial charge in [-0.05, 0) is 49.8 Å². The van der Waals surface area contributed by atoms with E-state index in [1.807, 2.05) is 12.4 Å². The van der Waals surface area contributed by atoms with Gasteiger partial charge < -0.3 is 5.73 Å². The van der Waals surface area contributed by atoms with Crippen LogP contribution in [0.25, 0.3) is 0 Å². The maximum atomic E-state index is 6.31. The highest BCUT2D eigenvalue weighted by molar-refractivity contribution is 5.18. The summed E-state index contributed by atoms with van der Waals surface area (Å²) in [5, 5.41) is 0. The maximum absolute atomic E-state index is 6.31. The molecule has 17 heavy (non-hydrogen) atoms. The average molecular weight is 230 g/mol. The zero-order chi connectivity index (χ0) is 11.9. The summed E-state index contributed by atoms with van der Waals surface area (Å²) < 4.78 is 0. The largest absolute Gasteiger partial charge is 0.324 e. The van der Waals surface area contributed by atoms with E-state index in [-0.39, 0.29) is 6.04 Å². The molecule has 0 bridgehead atoms. The molecule has 1 atom stereocenters. The van der Waals surface area contributed by atoms with Gasteiger partial charge in [0.2, 0.25) is 0 Å². The molecule has 1 aliphatic rings. The third-order valence-corrected chi connectivity index (χ3v) is 3.51. The monoisotopic (exact) mass is 230 g/mol. The van der Waals surface area contributed by atoms with Crippen molar-refractivity contribution in [1.29, 1.82) is 0 Å². The fourth-order valence-electron chi connectivity index (χ4n) is 2.46. The van der Waals surface area contributed by atoms with Crippen molar-refractivity contribution in [3.05, 3.63) is 41.7 Å². The first-order valence-corrected chi connectivity index (χ1v) is 6.69. The molecule has 0 radical (unpaired) electrons. The number of hydrogen-bond acceptors (Lipinski definition) is 2. The highest BCUT2D eigenvalue weighted by Gasteiger charge is 2.11. The molecule has 2 nitrogen and oxygen atoms in total. The molecule has 0 aromatic carbocycles. The van der Waals surface area contributed by atoms with E-state index in [0.29, 0.717) is 0 Å². The summed E-state index contributed by atoms with van der Waals surface area (Å²) >= 11 is 0.